The monoisotopic (exact) mass is 352 g/mol. The van der Waals surface area contributed by atoms with Crippen LogP contribution in [0.5, 0.6) is 0 Å². The molecule has 1 N–H and O–H groups in total. The van der Waals surface area contributed by atoms with E-state index < -0.39 is 0 Å². The molecule has 1 aromatic rings. The lowest BCUT2D eigenvalue weighted by Crippen LogP contribution is -2.35. The third kappa shape index (κ3) is 5.18. The van der Waals surface area contributed by atoms with Crippen molar-refractivity contribution in [3.63, 3.8) is 0 Å². The number of carbonyl (C=O) groups excluding carboxylic acids is 1. The van der Waals surface area contributed by atoms with Crippen molar-refractivity contribution >= 4 is 23.2 Å². The summed E-state index contributed by atoms with van der Waals surface area (Å²) in [7, 11) is 0. The standard InChI is InChI=1S/C18H25ClN2O3/c19-17-11-15(20-18(22)12-16-3-1-2-8-24-16)5-4-14(17)13-21-6-9-23-10-7-21/h4-5,11,16H,1-3,6-10,12-13H2,(H,20,22). The van der Waals surface area contributed by atoms with Crippen LogP contribution in [0.1, 0.15) is 31.2 Å². The molecular weight excluding hydrogens is 328 g/mol. The van der Waals surface area contributed by atoms with Gasteiger partial charge < -0.3 is 14.8 Å². The number of amides is 1. The summed E-state index contributed by atoms with van der Waals surface area (Å²) in [6.07, 6.45) is 3.66. The third-order valence-electron chi connectivity index (χ3n) is 4.52. The van der Waals surface area contributed by atoms with E-state index in [2.05, 4.69) is 10.2 Å². The summed E-state index contributed by atoms with van der Waals surface area (Å²) >= 11 is 6.39. The zero-order valence-corrected chi connectivity index (χ0v) is 14.7. The number of morpholine rings is 1. The Labute approximate surface area is 148 Å². The van der Waals surface area contributed by atoms with Gasteiger partial charge in [-0.2, -0.15) is 0 Å². The summed E-state index contributed by atoms with van der Waals surface area (Å²) in [6, 6.07) is 5.74. The van der Waals surface area contributed by atoms with Crippen LogP contribution in [-0.4, -0.2) is 49.8 Å². The average Bonchev–Trinajstić information content (AvgIpc) is 2.59. The van der Waals surface area contributed by atoms with Crippen molar-refractivity contribution in [1.29, 1.82) is 0 Å². The molecule has 1 atom stereocenters. The number of benzene rings is 1. The molecule has 2 aliphatic heterocycles. The van der Waals surface area contributed by atoms with Crippen LogP contribution in [0.2, 0.25) is 5.02 Å². The fourth-order valence-corrected chi connectivity index (χ4v) is 3.38. The van der Waals surface area contributed by atoms with Gasteiger partial charge in [0.25, 0.3) is 0 Å². The Morgan fingerprint density at radius 2 is 2.08 bits per heavy atom. The lowest BCUT2D eigenvalue weighted by molar-refractivity contribution is -0.119. The maximum absolute atomic E-state index is 12.1. The van der Waals surface area contributed by atoms with Crippen LogP contribution in [0.25, 0.3) is 0 Å². The largest absolute Gasteiger partial charge is 0.379 e. The van der Waals surface area contributed by atoms with Gasteiger partial charge in [-0.05, 0) is 37.0 Å². The van der Waals surface area contributed by atoms with Gasteiger partial charge in [-0.25, -0.2) is 0 Å². The minimum absolute atomic E-state index is 0.0149. The van der Waals surface area contributed by atoms with Gasteiger partial charge in [0.15, 0.2) is 0 Å². The Kier molecular flexibility index (Phi) is 6.49. The number of rotatable bonds is 5. The second-order valence-corrected chi connectivity index (χ2v) is 6.84. The van der Waals surface area contributed by atoms with Crippen molar-refractivity contribution in [3.05, 3.63) is 28.8 Å². The van der Waals surface area contributed by atoms with E-state index in [4.69, 9.17) is 21.1 Å². The molecule has 2 heterocycles. The van der Waals surface area contributed by atoms with Crippen LogP contribution in [-0.2, 0) is 20.8 Å². The molecule has 2 aliphatic rings. The molecule has 1 amide bonds. The summed E-state index contributed by atoms with van der Waals surface area (Å²) in [5.74, 6) is -0.0149. The normalized spacial score (nSPS) is 22.3. The van der Waals surface area contributed by atoms with Crippen LogP contribution in [0.4, 0.5) is 5.69 Å². The summed E-state index contributed by atoms with van der Waals surface area (Å²) in [6.45, 7) is 4.97. The van der Waals surface area contributed by atoms with Crippen molar-refractivity contribution in [3.8, 4) is 0 Å². The van der Waals surface area contributed by atoms with Gasteiger partial charge in [-0.1, -0.05) is 17.7 Å². The summed E-state index contributed by atoms with van der Waals surface area (Å²) in [5.41, 5.74) is 1.82. The second kappa shape index (κ2) is 8.81. The minimum Gasteiger partial charge on any atom is -0.379 e. The van der Waals surface area contributed by atoms with Gasteiger partial charge in [0.2, 0.25) is 5.91 Å². The molecule has 0 aromatic heterocycles. The number of nitrogens with one attached hydrogen (secondary N) is 1. The quantitative estimate of drug-likeness (QED) is 0.884. The Balaban J connectivity index is 1.52. The van der Waals surface area contributed by atoms with Crippen LogP contribution >= 0.6 is 11.6 Å². The number of hydrogen-bond donors (Lipinski definition) is 1. The fraction of sp³-hybridized carbons (Fsp3) is 0.611. The lowest BCUT2D eigenvalue weighted by Gasteiger charge is -2.27. The maximum atomic E-state index is 12.1. The van der Waals surface area contributed by atoms with E-state index in [9.17, 15) is 4.79 Å². The third-order valence-corrected chi connectivity index (χ3v) is 4.87. The number of carbonyl (C=O) groups is 1. The fourth-order valence-electron chi connectivity index (χ4n) is 3.14. The minimum atomic E-state index is -0.0149. The van der Waals surface area contributed by atoms with Crippen molar-refractivity contribution in [2.45, 2.75) is 38.3 Å². The van der Waals surface area contributed by atoms with E-state index >= 15 is 0 Å². The zero-order chi connectivity index (χ0) is 16.8. The van der Waals surface area contributed by atoms with Gasteiger partial charge in [0, 0.05) is 37.0 Å². The van der Waals surface area contributed by atoms with Crippen molar-refractivity contribution in [2.75, 3.05) is 38.2 Å². The first kappa shape index (κ1) is 17.7. The van der Waals surface area contributed by atoms with E-state index in [-0.39, 0.29) is 12.0 Å². The predicted octanol–water partition coefficient (Wildman–Crippen LogP) is 3.07. The molecular formula is C18H25ClN2O3. The van der Waals surface area contributed by atoms with Crippen molar-refractivity contribution in [1.82, 2.24) is 4.90 Å². The SMILES string of the molecule is O=C(CC1CCCCO1)Nc1ccc(CN2CCOCC2)c(Cl)c1. The lowest BCUT2D eigenvalue weighted by atomic mass is 10.1. The maximum Gasteiger partial charge on any atom is 0.226 e. The number of anilines is 1. The average molecular weight is 353 g/mol. The first-order valence-electron chi connectivity index (χ1n) is 8.71. The highest BCUT2D eigenvalue weighted by Gasteiger charge is 2.18. The van der Waals surface area contributed by atoms with Crippen LogP contribution in [0.3, 0.4) is 0 Å². The van der Waals surface area contributed by atoms with Crippen molar-refractivity contribution in [2.24, 2.45) is 0 Å². The first-order chi connectivity index (χ1) is 11.7. The molecule has 0 bridgehead atoms. The van der Waals surface area contributed by atoms with Gasteiger partial charge in [-0.3, -0.25) is 9.69 Å². The molecule has 3 rings (SSSR count). The number of hydrogen-bond acceptors (Lipinski definition) is 4. The Morgan fingerprint density at radius 1 is 1.25 bits per heavy atom. The molecule has 6 heteroatoms. The molecule has 132 valence electrons. The number of halogens is 1. The number of nitrogens with zero attached hydrogens (tertiary/aromatic N) is 1. The smallest absolute Gasteiger partial charge is 0.226 e. The van der Waals surface area contributed by atoms with E-state index in [1.54, 1.807) is 0 Å². The van der Waals surface area contributed by atoms with E-state index in [0.717, 1.165) is 70.0 Å². The molecule has 24 heavy (non-hydrogen) atoms. The second-order valence-electron chi connectivity index (χ2n) is 6.44. The first-order valence-corrected chi connectivity index (χ1v) is 9.08. The molecule has 1 unspecified atom stereocenters. The summed E-state index contributed by atoms with van der Waals surface area (Å²) in [4.78, 5) is 14.5. The van der Waals surface area contributed by atoms with E-state index in [1.165, 1.54) is 0 Å². The van der Waals surface area contributed by atoms with Crippen LogP contribution in [0.15, 0.2) is 18.2 Å². The summed E-state index contributed by atoms with van der Waals surface area (Å²) in [5, 5.41) is 3.61. The number of ether oxygens (including phenoxy) is 2. The molecule has 0 aliphatic carbocycles. The zero-order valence-electron chi connectivity index (χ0n) is 13.9. The Bertz CT molecular complexity index is 555. The van der Waals surface area contributed by atoms with E-state index in [1.807, 2.05) is 18.2 Å². The van der Waals surface area contributed by atoms with Gasteiger partial charge in [-0.15, -0.1) is 0 Å². The molecule has 0 radical (unpaired) electrons. The topological polar surface area (TPSA) is 50.8 Å². The Hall–Kier alpha value is -1.14. The predicted molar refractivity (Wildman–Crippen MR) is 94.4 cm³/mol. The van der Waals surface area contributed by atoms with Crippen molar-refractivity contribution < 1.29 is 14.3 Å². The molecule has 0 saturated carbocycles. The molecule has 2 saturated heterocycles. The van der Waals surface area contributed by atoms with Gasteiger partial charge in [0.1, 0.15) is 0 Å². The van der Waals surface area contributed by atoms with Crippen LogP contribution < -0.4 is 5.32 Å². The Morgan fingerprint density at radius 3 is 2.79 bits per heavy atom. The highest BCUT2D eigenvalue weighted by Crippen LogP contribution is 2.23. The van der Waals surface area contributed by atoms with Crippen LogP contribution in [0, 0.1) is 0 Å². The molecule has 5 nitrogen and oxygen atoms in total. The summed E-state index contributed by atoms with van der Waals surface area (Å²) < 4.78 is 11.0. The highest BCUT2D eigenvalue weighted by atomic mass is 35.5. The molecule has 1 aromatic carbocycles. The highest BCUT2D eigenvalue weighted by molar-refractivity contribution is 6.31. The van der Waals surface area contributed by atoms with Gasteiger partial charge >= 0.3 is 0 Å². The van der Waals surface area contributed by atoms with E-state index in [0.29, 0.717) is 11.4 Å². The molecule has 2 fully saturated rings. The molecule has 0 spiro atoms. The van der Waals surface area contributed by atoms with Gasteiger partial charge in [0.05, 0.1) is 25.7 Å².